The van der Waals surface area contributed by atoms with Crippen LogP contribution in [0.4, 0.5) is 14.9 Å². The van der Waals surface area contributed by atoms with Gasteiger partial charge in [-0.05, 0) is 48.7 Å². The summed E-state index contributed by atoms with van der Waals surface area (Å²) in [5, 5.41) is 4.47. The number of nitrogens with one attached hydrogen (secondary N) is 2. The van der Waals surface area contributed by atoms with Crippen LogP contribution >= 0.6 is 11.8 Å². The lowest BCUT2D eigenvalue weighted by molar-refractivity contribution is -0.126. The summed E-state index contributed by atoms with van der Waals surface area (Å²) in [6.07, 6.45) is 1.03. The molecule has 1 unspecified atom stereocenters. The summed E-state index contributed by atoms with van der Waals surface area (Å²) in [4.78, 5) is 49.4. The SMILES string of the molecule is CC(=O)Nc1cccc(C(=O)NCCN2C(=O)SC(CCc3ccc(F)cc3)C2=O)c1.[HH].[HH]. The molecule has 4 amide bonds. The Hall–Kier alpha value is -3.20. The van der Waals surface area contributed by atoms with E-state index in [4.69, 9.17) is 0 Å². The molecule has 1 saturated heterocycles. The Morgan fingerprint density at radius 2 is 1.90 bits per heavy atom. The van der Waals surface area contributed by atoms with Crippen LogP contribution in [0.5, 0.6) is 0 Å². The molecule has 3 rings (SSSR count). The average molecular weight is 448 g/mol. The van der Waals surface area contributed by atoms with Gasteiger partial charge in [-0.1, -0.05) is 30.0 Å². The fourth-order valence-corrected chi connectivity index (χ4v) is 4.17. The highest BCUT2D eigenvalue weighted by Gasteiger charge is 2.38. The van der Waals surface area contributed by atoms with Crippen LogP contribution in [0.3, 0.4) is 0 Å². The molecule has 1 aliphatic rings. The van der Waals surface area contributed by atoms with Gasteiger partial charge >= 0.3 is 0 Å². The zero-order valence-corrected chi connectivity index (χ0v) is 17.7. The normalized spacial score (nSPS) is 15.8. The number of thioether (sulfide) groups is 1. The standard InChI is InChI=1S/C22H22FN3O4S.2H2/c1-14(27)25-18-4-2-3-16(13-18)20(28)24-11-12-26-21(29)19(31-22(26)30)10-7-15-5-8-17(23)9-6-15;;/h2-6,8-9,13,19H,7,10-12H2,1H3,(H,24,28)(H,25,27);2*1H. The van der Waals surface area contributed by atoms with Gasteiger partial charge in [-0.15, -0.1) is 0 Å². The van der Waals surface area contributed by atoms with E-state index in [0.29, 0.717) is 24.1 Å². The fourth-order valence-electron chi connectivity index (χ4n) is 3.16. The van der Waals surface area contributed by atoms with E-state index in [9.17, 15) is 23.6 Å². The van der Waals surface area contributed by atoms with Crippen molar-refractivity contribution in [2.75, 3.05) is 18.4 Å². The average Bonchev–Trinajstić information content (AvgIpc) is 3.00. The van der Waals surface area contributed by atoms with Crippen LogP contribution in [0.1, 0.15) is 32.1 Å². The van der Waals surface area contributed by atoms with E-state index < -0.39 is 5.25 Å². The maximum Gasteiger partial charge on any atom is 0.289 e. The molecule has 1 aliphatic heterocycles. The first-order valence-electron chi connectivity index (χ1n) is 9.76. The molecule has 7 nitrogen and oxygen atoms in total. The molecule has 0 aliphatic carbocycles. The van der Waals surface area contributed by atoms with Crippen molar-refractivity contribution in [2.24, 2.45) is 0 Å². The summed E-state index contributed by atoms with van der Waals surface area (Å²) in [6, 6.07) is 12.5. The Balaban J connectivity index is 0.00000272. The molecule has 31 heavy (non-hydrogen) atoms. The highest BCUT2D eigenvalue weighted by molar-refractivity contribution is 8.15. The highest BCUT2D eigenvalue weighted by Crippen LogP contribution is 2.30. The summed E-state index contributed by atoms with van der Waals surface area (Å²) in [7, 11) is 0. The number of amides is 4. The van der Waals surface area contributed by atoms with Gasteiger partial charge in [0.15, 0.2) is 0 Å². The van der Waals surface area contributed by atoms with Crippen LogP contribution in [-0.2, 0) is 16.0 Å². The number of carbonyl (C=O) groups is 4. The van der Waals surface area contributed by atoms with Crippen molar-refractivity contribution in [3.63, 3.8) is 0 Å². The summed E-state index contributed by atoms with van der Waals surface area (Å²) in [6.45, 7) is 1.57. The number of hydrogen-bond acceptors (Lipinski definition) is 5. The quantitative estimate of drug-likeness (QED) is 0.643. The van der Waals surface area contributed by atoms with Gasteiger partial charge in [0.25, 0.3) is 11.1 Å². The van der Waals surface area contributed by atoms with Gasteiger partial charge in [0.1, 0.15) is 5.82 Å². The summed E-state index contributed by atoms with van der Waals surface area (Å²) < 4.78 is 13.0. The van der Waals surface area contributed by atoms with Gasteiger partial charge in [0, 0.05) is 34.1 Å². The van der Waals surface area contributed by atoms with Crippen molar-refractivity contribution in [1.82, 2.24) is 10.2 Å². The second kappa shape index (κ2) is 10.2. The van der Waals surface area contributed by atoms with Crippen LogP contribution in [0.25, 0.3) is 0 Å². The number of carbonyl (C=O) groups excluding carboxylic acids is 4. The van der Waals surface area contributed by atoms with Gasteiger partial charge in [-0.3, -0.25) is 24.1 Å². The largest absolute Gasteiger partial charge is 0.350 e. The molecule has 0 radical (unpaired) electrons. The monoisotopic (exact) mass is 447 g/mol. The van der Waals surface area contributed by atoms with Crippen LogP contribution < -0.4 is 10.6 Å². The minimum Gasteiger partial charge on any atom is -0.350 e. The topological polar surface area (TPSA) is 95.6 Å². The predicted molar refractivity (Wildman–Crippen MR) is 121 cm³/mol. The third-order valence-corrected chi connectivity index (χ3v) is 5.82. The van der Waals surface area contributed by atoms with Crippen molar-refractivity contribution < 1.29 is 26.4 Å². The number of anilines is 1. The lowest BCUT2D eigenvalue weighted by atomic mass is 10.1. The van der Waals surface area contributed by atoms with Crippen molar-refractivity contribution in [1.29, 1.82) is 0 Å². The number of imide groups is 1. The third kappa shape index (κ3) is 6.14. The van der Waals surface area contributed by atoms with Crippen molar-refractivity contribution in [2.45, 2.75) is 25.0 Å². The maximum absolute atomic E-state index is 13.0. The van der Waals surface area contributed by atoms with Gasteiger partial charge in [-0.2, -0.15) is 0 Å². The zero-order chi connectivity index (χ0) is 22.4. The smallest absolute Gasteiger partial charge is 0.289 e. The predicted octanol–water partition coefficient (Wildman–Crippen LogP) is 3.70. The number of benzene rings is 2. The van der Waals surface area contributed by atoms with Crippen LogP contribution in [0.2, 0.25) is 0 Å². The number of nitrogens with zero attached hydrogens (tertiary/aromatic N) is 1. The minimum absolute atomic E-state index is 0. The third-order valence-electron chi connectivity index (χ3n) is 4.68. The fraction of sp³-hybridized carbons (Fsp3) is 0.273. The molecule has 9 heteroatoms. The maximum atomic E-state index is 13.0. The molecular weight excluding hydrogens is 421 g/mol. The van der Waals surface area contributed by atoms with Gasteiger partial charge in [-0.25, -0.2) is 4.39 Å². The molecule has 0 bridgehead atoms. The molecule has 0 spiro atoms. The van der Waals surface area contributed by atoms with Gasteiger partial charge in [0.2, 0.25) is 11.8 Å². The Morgan fingerprint density at radius 1 is 1.16 bits per heavy atom. The van der Waals surface area contributed by atoms with E-state index in [2.05, 4.69) is 10.6 Å². The Bertz CT molecular complexity index is 1010. The molecule has 1 fully saturated rings. The number of aryl methyl sites for hydroxylation is 1. The molecular formula is C22H26FN3O4S. The lowest BCUT2D eigenvalue weighted by Crippen LogP contribution is -2.38. The molecule has 1 atom stereocenters. The zero-order valence-electron chi connectivity index (χ0n) is 16.9. The van der Waals surface area contributed by atoms with E-state index >= 15 is 0 Å². The molecule has 2 N–H and O–H groups in total. The first kappa shape index (κ1) is 22.5. The molecule has 0 saturated carbocycles. The number of rotatable bonds is 8. The summed E-state index contributed by atoms with van der Waals surface area (Å²) in [5.41, 5.74) is 1.76. The Kier molecular flexibility index (Phi) is 7.41. The molecule has 2 aromatic rings. The highest BCUT2D eigenvalue weighted by atomic mass is 32.2. The summed E-state index contributed by atoms with van der Waals surface area (Å²) >= 11 is 0.977. The Morgan fingerprint density at radius 3 is 2.61 bits per heavy atom. The number of halogens is 1. The van der Waals surface area contributed by atoms with E-state index in [-0.39, 0.29) is 44.7 Å². The van der Waals surface area contributed by atoms with Crippen molar-refractivity contribution >= 4 is 40.4 Å². The molecule has 2 aromatic carbocycles. The van der Waals surface area contributed by atoms with Crippen molar-refractivity contribution in [3.05, 3.63) is 65.5 Å². The van der Waals surface area contributed by atoms with E-state index in [1.807, 2.05) is 0 Å². The second-order valence-electron chi connectivity index (χ2n) is 7.05. The number of hydrogen-bond donors (Lipinski definition) is 2. The molecule has 1 heterocycles. The van der Waals surface area contributed by atoms with Crippen LogP contribution in [0.15, 0.2) is 48.5 Å². The van der Waals surface area contributed by atoms with Gasteiger partial charge < -0.3 is 10.6 Å². The van der Waals surface area contributed by atoms with Crippen LogP contribution in [-0.4, -0.2) is 46.2 Å². The van der Waals surface area contributed by atoms with Crippen molar-refractivity contribution in [3.8, 4) is 0 Å². The molecule has 0 aromatic heterocycles. The first-order valence-corrected chi connectivity index (χ1v) is 10.6. The lowest BCUT2D eigenvalue weighted by Gasteiger charge is -2.14. The minimum atomic E-state index is -0.484. The van der Waals surface area contributed by atoms with Crippen LogP contribution in [0, 0.1) is 5.82 Å². The van der Waals surface area contributed by atoms with E-state index in [0.717, 1.165) is 22.2 Å². The first-order chi connectivity index (χ1) is 14.8. The van der Waals surface area contributed by atoms with E-state index in [1.165, 1.54) is 19.1 Å². The summed E-state index contributed by atoms with van der Waals surface area (Å²) in [5.74, 6) is -1.21. The Labute approximate surface area is 186 Å². The second-order valence-corrected chi connectivity index (χ2v) is 8.20. The van der Waals surface area contributed by atoms with Gasteiger partial charge in [0.05, 0.1) is 5.25 Å². The van der Waals surface area contributed by atoms with E-state index in [1.54, 1.807) is 36.4 Å². The molecule has 166 valence electrons.